The summed E-state index contributed by atoms with van der Waals surface area (Å²) in [4.78, 5) is 14.3. The Labute approximate surface area is 136 Å². The minimum atomic E-state index is -0.351. The zero-order valence-corrected chi connectivity index (χ0v) is 14.2. The number of hydrogen-bond donors (Lipinski definition) is 2. The maximum atomic E-state index is 12.4. The smallest absolute Gasteiger partial charge is 0.246 e. The lowest BCUT2D eigenvalue weighted by Crippen LogP contribution is -2.49. The van der Waals surface area contributed by atoms with Crippen molar-refractivity contribution < 1.29 is 4.79 Å². The van der Waals surface area contributed by atoms with E-state index in [9.17, 15) is 4.79 Å². The van der Waals surface area contributed by atoms with Gasteiger partial charge in [-0.3, -0.25) is 4.79 Å². The molecule has 2 N–H and O–H groups in total. The maximum Gasteiger partial charge on any atom is 0.246 e. The molecule has 0 aliphatic heterocycles. The monoisotopic (exact) mass is 327 g/mol. The highest BCUT2D eigenvalue weighted by atomic mass is 35.5. The standard InChI is InChI=1S/C15H22ClN3OS/c1-4-9-19(15(21)17-5-2)11(3)14(20)18-13-8-6-7-12(16)10-13/h6-8,10-11H,4-5,9H2,1-3H3,(H,17,21)(H,18,20)/t11-/m0/s1. The largest absolute Gasteiger partial charge is 0.363 e. The van der Waals surface area contributed by atoms with Crippen LogP contribution >= 0.6 is 23.8 Å². The summed E-state index contributed by atoms with van der Waals surface area (Å²) >= 11 is 11.3. The van der Waals surface area contributed by atoms with E-state index in [1.54, 1.807) is 18.2 Å². The Morgan fingerprint density at radius 2 is 2.14 bits per heavy atom. The molecule has 0 aliphatic rings. The Hall–Kier alpha value is -1.33. The van der Waals surface area contributed by atoms with E-state index < -0.39 is 0 Å². The maximum absolute atomic E-state index is 12.4. The molecule has 0 bridgehead atoms. The van der Waals surface area contributed by atoms with Crippen molar-refractivity contribution >= 4 is 40.5 Å². The quantitative estimate of drug-likeness (QED) is 0.787. The lowest BCUT2D eigenvalue weighted by molar-refractivity contribution is -0.119. The molecule has 1 atom stereocenters. The molecule has 0 saturated carbocycles. The van der Waals surface area contributed by atoms with E-state index >= 15 is 0 Å². The highest BCUT2D eigenvalue weighted by molar-refractivity contribution is 7.80. The van der Waals surface area contributed by atoms with Crippen LogP contribution in [0, 0.1) is 0 Å². The van der Waals surface area contributed by atoms with Gasteiger partial charge < -0.3 is 15.5 Å². The number of benzene rings is 1. The van der Waals surface area contributed by atoms with E-state index in [0.29, 0.717) is 15.8 Å². The Bertz CT molecular complexity index is 496. The first-order valence-corrected chi connectivity index (χ1v) is 7.89. The molecule has 1 aromatic rings. The first-order valence-electron chi connectivity index (χ1n) is 7.10. The van der Waals surface area contributed by atoms with Gasteiger partial charge in [-0.1, -0.05) is 24.6 Å². The van der Waals surface area contributed by atoms with Crippen LogP contribution in [0.3, 0.4) is 0 Å². The number of carbonyl (C=O) groups is 1. The summed E-state index contributed by atoms with van der Waals surface area (Å²) in [5, 5.41) is 7.16. The second-order valence-electron chi connectivity index (χ2n) is 4.70. The molecule has 0 aromatic heterocycles. The van der Waals surface area contributed by atoms with Crippen LogP contribution < -0.4 is 10.6 Å². The molecule has 0 radical (unpaired) electrons. The van der Waals surface area contributed by atoms with Crippen LogP contribution in [0.4, 0.5) is 5.69 Å². The van der Waals surface area contributed by atoms with Crippen molar-refractivity contribution in [2.45, 2.75) is 33.2 Å². The minimum Gasteiger partial charge on any atom is -0.363 e. The van der Waals surface area contributed by atoms with Crippen molar-refractivity contribution in [2.75, 3.05) is 18.4 Å². The molecule has 4 nitrogen and oxygen atoms in total. The zero-order valence-electron chi connectivity index (χ0n) is 12.6. The summed E-state index contributed by atoms with van der Waals surface area (Å²) < 4.78 is 0. The molecule has 21 heavy (non-hydrogen) atoms. The normalized spacial score (nSPS) is 11.6. The summed E-state index contributed by atoms with van der Waals surface area (Å²) in [6.07, 6.45) is 0.917. The fourth-order valence-electron chi connectivity index (χ4n) is 1.92. The number of amides is 1. The average molecular weight is 328 g/mol. The molecule has 0 spiro atoms. The summed E-state index contributed by atoms with van der Waals surface area (Å²) in [5.74, 6) is -0.106. The Balaban J connectivity index is 2.75. The molecule has 6 heteroatoms. The average Bonchev–Trinajstić information content (AvgIpc) is 2.44. The van der Waals surface area contributed by atoms with Gasteiger partial charge in [-0.05, 0) is 50.7 Å². The molecule has 0 saturated heterocycles. The van der Waals surface area contributed by atoms with Crippen LogP contribution in [0.1, 0.15) is 27.2 Å². The number of thiocarbonyl (C=S) groups is 1. The van der Waals surface area contributed by atoms with Crippen molar-refractivity contribution in [3.63, 3.8) is 0 Å². The molecular weight excluding hydrogens is 306 g/mol. The molecule has 0 aliphatic carbocycles. The lowest BCUT2D eigenvalue weighted by Gasteiger charge is -2.30. The van der Waals surface area contributed by atoms with Gasteiger partial charge in [-0.25, -0.2) is 0 Å². The van der Waals surface area contributed by atoms with Gasteiger partial charge in [-0.2, -0.15) is 0 Å². The van der Waals surface area contributed by atoms with Crippen molar-refractivity contribution in [3.8, 4) is 0 Å². The fourth-order valence-corrected chi connectivity index (χ4v) is 2.50. The van der Waals surface area contributed by atoms with Crippen molar-refractivity contribution in [2.24, 2.45) is 0 Å². The van der Waals surface area contributed by atoms with Gasteiger partial charge in [0.1, 0.15) is 6.04 Å². The predicted molar refractivity (Wildman–Crippen MR) is 92.8 cm³/mol. The van der Waals surface area contributed by atoms with Crippen LogP contribution in [0.15, 0.2) is 24.3 Å². The van der Waals surface area contributed by atoms with Crippen LogP contribution in [0.2, 0.25) is 5.02 Å². The Morgan fingerprint density at radius 3 is 2.71 bits per heavy atom. The molecular formula is C15H22ClN3OS. The summed E-state index contributed by atoms with van der Waals surface area (Å²) in [6.45, 7) is 7.35. The van der Waals surface area contributed by atoms with Gasteiger partial charge in [0, 0.05) is 23.8 Å². The van der Waals surface area contributed by atoms with Gasteiger partial charge in [0.05, 0.1) is 0 Å². The van der Waals surface area contributed by atoms with E-state index in [4.69, 9.17) is 23.8 Å². The van der Waals surface area contributed by atoms with E-state index in [1.165, 1.54) is 0 Å². The number of anilines is 1. The highest BCUT2D eigenvalue weighted by Gasteiger charge is 2.22. The second kappa shape index (κ2) is 8.85. The Morgan fingerprint density at radius 1 is 1.43 bits per heavy atom. The van der Waals surface area contributed by atoms with E-state index in [1.807, 2.05) is 24.8 Å². The third-order valence-electron chi connectivity index (χ3n) is 2.99. The molecule has 0 heterocycles. The third-order valence-corrected chi connectivity index (χ3v) is 3.61. The number of hydrogen-bond acceptors (Lipinski definition) is 2. The first-order chi connectivity index (χ1) is 9.99. The van der Waals surface area contributed by atoms with Crippen LogP contribution in [-0.4, -0.2) is 35.1 Å². The number of nitrogens with one attached hydrogen (secondary N) is 2. The first kappa shape index (κ1) is 17.7. The Kier molecular flexibility index (Phi) is 7.47. The number of nitrogens with zero attached hydrogens (tertiary/aromatic N) is 1. The van der Waals surface area contributed by atoms with Crippen molar-refractivity contribution in [1.82, 2.24) is 10.2 Å². The number of rotatable bonds is 6. The van der Waals surface area contributed by atoms with E-state index in [0.717, 1.165) is 19.5 Å². The van der Waals surface area contributed by atoms with E-state index in [-0.39, 0.29) is 11.9 Å². The van der Waals surface area contributed by atoms with Gasteiger partial charge in [-0.15, -0.1) is 0 Å². The van der Waals surface area contributed by atoms with Crippen LogP contribution in [0.5, 0.6) is 0 Å². The zero-order chi connectivity index (χ0) is 15.8. The topological polar surface area (TPSA) is 44.4 Å². The molecule has 1 amide bonds. The SMILES string of the molecule is CCCN(C(=S)NCC)[C@@H](C)C(=O)Nc1cccc(Cl)c1. The highest BCUT2D eigenvalue weighted by Crippen LogP contribution is 2.15. The van der Waals surface area contributed by atoms with Crippen molar-refractivity contribution in [1.29, 1.82) is 0 Å². The number of carbonyl (C=O) groups excluding carboxylic acids is 1. The third kappa shape index (κ3) is 5.52. The molecule has 116 valence electrons. The fraction of sp³-hybridized carbons (Fsp3) is 0.467. The van der Waals surface area contributed by atoms with Crippen LogP contribution in [0.25, 0.3) is 0 Å². The number of halogens is 1. The molecule has 0 unspecified atom stereocenters. The molecule has 1 aromatic carbocycles. The minimum absolute atomic E-state index is 0.106. The lowest BCUT2D eigenvalue weighted by atomic mass is 10.2. The van der Waals surface area contributed by atoms with Crippen molar-refractivity contribution in [3.05, 3.63) is 29.3 Å². The van der Waals surface area contributed by atoms with Crippen LogP contribution in [-0.2, 0) is 4.79 Å². The summed E-state index contributed by atoms with van der Waals surface area (Å²) in [6, 6.07) is 6.75. The van der Waals surface area contributed by atoms with Gasteiger partial charge >= 0.3 is 0 Å². The van der Waals surface area contributed by atoms with Gasteiger partial charge in [0.15, 0.2) is 5.11 Å². The summed E-state index contributed by atoms with van der Waals surface area (Å²) in [7, 11) is 0. The molecule has 1 rings (SSSR count). The molecule has 0 fully saturated rings. The van der Waals surface area contributed by atoms with E-state index in [2.05, 4.69) is 17.6 Å². The van der Waals surface area contributed by atoms with Gasteiger partial charge in [0.25, 0.3) is 0 Å². The summed E-state index contributed by atoms with van der Waals surface area (Å²) in [5.41, 5.74) is 0.685. The predicted octanol–water partition coefficient (Wildman–Crippen LogP) is 3.27. The van der Waals surface area contributed by atoms with Gasteiger partial charge in [0.2, 0.25) is 5.91 Å². The second-order valence-corrected chi connectivity index (χ2v) is 5.53.